The molecule has 1 aliphatic heterocycles. The molecule has 2 N–H and O–H groups in total. The average Bonchev–Trinajstić information content (AvgIpc) is 2.88. The highest BCUT2D eigenvalue weighted by molar-refractivity contribution is 7.97. The topological polar surface area (TPSA) is 61.8 Å². The Morgan fingerprint density at radius 1 is 1.21 bits per heavy atom. The maximum Gasteiger partial charge on any atom is 0.315 e. The quantitative estimate of drug-likeness (QED) is 0.642. The standard InChI is InChI=1S/C17H15ClN2O3S/c1-23-15-8-4-13(5-9-15)19-10-16-17(21)20(11-24(16)22)14-6-2-12(18)3-7-14/h2-10,22H,11H2,1H3/p+1. The number of hydrogen-bond acceptors (Lipinski definition) is 4. The molecule has 5 nitrogen and oxygen atoms in total. The predicted octanol–water partition coefficient (Wildman–Crippen LogP) is 3.70. The summed E-state index contributed by atoms with van der Waals surface area (Å²) in [5.74, 6) is 0.779. The first kappa shape index (κ1) is 16.7. The fourth-order valence-corrected chi connectivity index (χ4v) is 3.55. The van der Waals surface area contributed by atoms with Gasteiger partial charge < -0.3 is 10.1 Å². The SMILES string of the molecule is COc1ccc(N/C=C2\C(=O)N(c3ccc(Cl)cc3)C[S+]2O)cc1. The molecule has 0 radical (unpaired) electrons. The summed E-state index contributed by atoms with van der Waals surface area (Å²) < 4.78 is 15.3. The molecule has 0 spiro atoms. The summed E-state index contributed by atoms with van der Waals surface area (Å²) in [5, 5.41) is 3.64. The van der Waals surface area contributed by atoms with Crippen LogP contribution in [0.25, 0.3) is 0 Å². The number of carbonyl (C=O) groups is 1. The zero-order chi connectivity index (χ0) is 17.1. The van der Waals surface area contributed by atoms with Crippen molar-refractivity contribution in [3.05, 3.63) is 64.7 Å². The van der Waals surface area contributed by atoms with Crippen molar-refractivity contribution in [3.63, 3.8) is 0 Å². The van der Waals surface area contributed by atoms with E-state index < -0.39 is 11.2 Å². The third kappa shape index (κ3) is 3.51. The number of nitrogens with zero attached hydrogens (tertiary/aromatic N) is 1. The molecule has 1 atom stereocenters. The number of halogens is 1. The van der Waals surface area contributed by atoms with Gasteiger partial charge in [-0.1, -0.05) is 11.6 Å². The van der Waals surface area contributed by atoms with Gasteiger partial charge in [0.15, 0.2) is 0 Å². The summed E-state index contributed by atoms with van der Waals surface area (Å²) in [5.41, 5.74) is 1.52. The second kappa shape index (κ2) is 7.17. The van der Waals surface area contributed by atoms with Crippen molar-refractivity contribution in [2.24, 2.45) is 0 Å². The van der Waals surface area contributed by atoms with E-state index in [4.69, 9.17) is 16.3 Å². The fraction of sp³-hybridized carbons (Fsp3) is 0.118. The minimum atomic E-state index is -1.14. The zero-order valence-electron chi connectivity index (χ0n) is 12.9. The number of benzene rings is 2. The minimum absolute atomic E-state index is 0.218. The molecular formula is C17H16ClN2O3S+. The monoisotopic (exact) mass is 363 g/mol. The van der Waals surface area contributed by atoms with Crippen LogP contribution < -0.4 is 15.0 Å². The molecule has 2 aromatic carbocycles. The molecule has 0 aromatic heterocycles. The number of nitrogens with one attached hydrogen (secondary N) is 1. The maximum atomic E-state index is 12.5. The van der Waals surface area contributed by atoms with Crippen LogP contribution in [0.15, 0.2) is 59.6 Å². The van der Waals surface area contributed by atoms with E-state index >= 15 is 0 Å². The molecule has 1 fully saturated rings. The summed E-state index contributed by atoms with van der Waals surface area (Å²) in [4.78, 5) is 14.4. The largest absolute Gasteiger partial charge is 0.497 e. The van der Waals surface area contributed by atoms with Gasteiger partial charge in [0.05, 0.1) is 13.3 Å². The highest BCUT2D eigenvalue weighted by Gasteiger charge is 2.45. The molecule has 1 unspecified atom stereocenters. The van der Waals surface area contributed by atoms with E-state index in [-0.39, 0.29) is 11.8 Å². The van der Waals surface area contributed by atoms with Crippen LogP contribution in [0, 0.1) is 0 Å². The average molecular weight is 364 g/mol. The molecule has 1 saturated heterocycles. The van der Waals surface area contributed by atoms with E-state index in [1.165, 1.54) is 0 Å². The molecule has 24 heavy (non-hydrogen) atoms. The second-order valence-electron chi connectivity index (χ2n) is 5.08. The van der Waals surface area contributed by atoms with Crippen molar-refractivity contribution in [2.45, 2.75) is 0 Å². The van der Waals surface area contributed by atoms with Gasteiger partial charge in [0.25, 0.3) is 4.91 Å². The van der Waals surface area contributed by atoms with Gasteiger partial charge in [-0.2, -0.15) is 4.55 Å². The number of amides is 1. The fourth-order valence-electron chi connectivity index (χ4n) is 2.26. The number of anilines is 2. The van der Waals surface area contributed by atoms with E-state index in [9.17, 15) is 9.35 Å². The predicted molar refractivity (Wildman–Crippen MR) is 98.5 cm³/mol. The van der Waals surface area contributed by atoms with Crippen LogP contribution in [-0.2, 0) is 16.0 Å². The summed E-state index contributed by atoms with van der Waals surface area (Å²) >= 11 is 4.73. The first-order chi connectivity index (χ1) is 11.6. The van der Waals surface area contributed by atoms with Gasteiger partial charge in [-0.25, -0.2) is 0 Å². The Balaban J connectivity index is 1.75. The summed E-state index contributed by atoms with van der Waals surface area (Å²) in [6, 6.07) is 14.3. The van der Waals surface area contributed by atoms with Gasteiger partial charge in [0.1, 0.15) is 5.75 Å². The molecular weight excluding hydrogens is 348 g/mol. The first-order valence-corrected chi connectivity index (χ1v) is 8.89. The minimum Gasteiger partial charge on any atom is -0.497 e. The molecule has 124 valence electrons. The molecule has 1 amide bonds. The Labute approximate surface area is 148 Å². The number of ether oxygens (including phenoxy) is 1. The lowest BCUT2D eigenvalue weighted by Crippen LogP contribution is -2.24. The Hall–Kier alpha value is -2.15. The number of carbonyl (C=O) groups excluding carboxylic acids is 1. The van der Waals surface area contributed by atoms with Crippen LogP contribution in [-0.4, -0.2) is 23.4 Å². The summed E-state index contributed by atoms with van der Waals surface area (Å²) in [6.45, 7) is 0. The Morgan fingerprint density at radius 2 is 1.88 bits per heavy atom. The van der Waals surface area contributed by atoms with Crippen LogP contribution in [0.3, 0.4) is 0 Å². The van der Waals surface area contributed by atoms with Crippen molar-refractivity contribution < 1.29 is 14.1 Å². The third-order valence-electron chi connectivity index (χ3n) is 3.56. The van der Waals surface area contributed by atoms with Gasteiger partial charge in [0, 0.05) is 16.4 Å². The molecule has 0 bridgehead atoms. The first-order valence-electron chi connectivity index (χ1n) is 7.16. The van der Waals surface area contributed by atoms with Crippen LogP contribution in [0.2, 0.25) is 5.02 Å². The highest BCUT2D eigenvalue weighted by Crippen LogP contribution is 2.28. The highest BCUT2D eigenvalue weighted by atomic mass is 35.5. The molecule has 0 aliphatic carbocycles. The number of rotatable bonds is 4. The third-order valence-corrected chi connectivity index (χ3v) is 5.11. The van der Waals surface area contributed by atoms with Crippen molar-refractivity contribution in [3.8, 4) is 5.75 Å². The summed E-state index contributed by atoms with van der Waals surface area (Å²) in [6.07, 6.45) is 1.56. The van der Waals surface area contributed by atoms with Crippen molar-refractivity contribution in [1.29, 1.82) is 0 Å². The molecule has 3 rings (SSSR count). The molecule has 0 saturated carbocycles. The lowest BCUT2D eigenvalue weighted by Gasteiger charge is -2.10. The molecule has 1 heterocycles. The van der Waals surface area contributed by atoms with Crippen molar-refractivity contribution >= 4 is 40.1 Å². The van der Waals surface area contributed by atoms with Gasteiger partial charge in [-0.05, 0) is 48.5 Å². The lowest BCUT2D eigenvalue weighted by atomic mass is 10.3. The lowest BCUT2D eigenvalue weighted by molar-refractivity contribution is -0.114. The zero-order valence-corrected chi connectivity index (χ0v) is 14.5. The van der Waals surface area contributed by atoms with Crippen LogP contribution in [0.4, 0.5) is 11.4 Å². The Bertz CT molecular complexity index is 762. The van der Waals surface area contributed by atoms with E-state index in [2.05, 4.69) is 5.32 Å². The van der Waals surface area contributed by atoms with Crippen LogP contribution in [0.1, 0.15) is 0 Å². The van der Waals surface area contributed by atoms with Crippen molar-refractivity contribution in [1.82, 2.24) is 0 Å². The van der Waals surface area contributed by atoms with E-state index in [0.29, 0.717) is 15.6 Å². The van der Waals surface area contributed by atoms with Gasteiger partial charge >= 0.3 is 5.91 Å². The van der Waals surface area contributed by atoms with Crippen LogP contribution >= 0.6 is 11.6 Å². The Morgan fingerprint density at radius 3 is 2.50 bits per heavy atom. The normalized spacial score (nSPS) is 19.0. The van der Waals surface area contributed by atoms with Gasteiger partial charge in [-0.3, -0.25) is 9.69 Å². The van der Waals surface area contributed by atoms with E-state index in [0.717, 1.165) is 11.4 Å². The van der Waals surface area contributed by atoms with E-state index in [1.807, 2.05) is 24.3 Å². The van der Waals surface area contributed by atoms with Crippen molar-refractivity contribution in [2.75, 3.05) is 23.2 Å². The molecule has 2 aromatic rings. The number of hydrogen-bond donors (Lipinski definition) is 2. The number of methoxy groups -OCH3 is 1. The molecule has 7 heteroatoms. The van der Waals surface area contributed by atoms with Gasteiger partial charge in [0.2, 0.25) is 17.1 Å². The Kier molecular flexibility index (Phi) is 4.99. The van der Waals surface area contributed by atoms with Crippen LogP contribution in [0.5, 0.6) is 5.75 Å². The van der Waals surface area contributed by atoms with E-state index in [1.54, 1.807) is 42.5 Å². The second-order valence-corrected chi connectivity index (χ2v) is 6.95. The van der Waals surface area contributed by atoms with Gasteiger partial charge in [-0.15, -0.1) is 0 Å². The summed E-state index contributed by atoms with van der Waals surface area (Å²) in [7, 11) is 1.60. The smallest absolute Gasteiger partial charge is 0.315 e. The maximum absolute atomic E-state index is 12.5. The molecule has 1 aliphatic rings.